The lowest BCUT2D eigenvalue weighted by Crippen LogP contribution is -2.23. The maximum atomic E-state index is 12.7. The van der Waals surface area contributed by atoms with Gasteiger partial charge in [-0.1, -0.05) is 23.8 Å². The van der Waals surface area contributed by atoms with Crippen LogP contribution in [0.4, 0.5) is 0 Å². The number of methoxy groups -OCH3 is 1. The van der Waals surface area contributed by atoms with Crippen molar-refractivity contribution in [1.82, 2.24) is 9.78 Å². The van der Waals surface area contributed by atoms with Gasteiger partial charge in [0.15, 0.2) is 0 Å². The summed E-state index contributed by atoms with van der Waals surface area (Å²) in [5.41, 5.74) is 0.946. The van der Waals surface area contributed by atoms with Gasteiger partial charge in [0, 0.05) is 7.11 Å². The second-order valence-electron chi connectivity index (χ2n) is 5.72. The minimum absolute atomic E-state index is 0.177. The van der Waals surface area contributed by atoms with Crippen LogP contribution in [-0.2, 0) is 4.74 Å². The molecule has 0 amide bonds. The third kappa shape index (κ3) is 3.29. The maximum Gasteiger partial charge on any atom is 0.360 e. The largest absolute Gasteiger partial charge is 0.490 e. The Morgan fingerprint density at radius 2 is 1.88 bits per heavy atom. The first-order valence-corrected chi connectivity index (χ1v) is 8.01. The van der Waals surface area contributed by atoms with Crippen LogP contribution in [0.1, 0.15) is 16.1 Å². The van der Waals surface area contributed by atoms with Crippen LogP contribution in [0.15, 0.2) is 47.3 Å². The number of ether oxygens (including phenoxy) is 2. The smallest absolute Gasteiger partial charge is 0.360 e. The molecule has 7 nitrogen and oxygen atoms in total. The first-order chi connectivity index (χ1) is 12.5. The van der Waals surface area contributed by atoms with Crippen LogP contribution >= 0.6 is 0 Å². The second kappa shape index (κ2) is 7.37. The molecule has 2 aromatic carbocycles. The van der Waals surface area contributed by atoms with Gasteiger partial charge in [0.25, 0.3) is 0 Å². The van der Waals surface area contributed by atoms with Crippen LogP contribution in [0.5, 0.6) is 5.75 Å². The van der Waals surface area contributed by atoms with Gasteiger partial charge < -0.3 is 14.6 Å². The standard InChI is InChI=1S/C19H18N2O5/c1-12-6-8-13(9-7-12)21-14-4-3-5-15(26-11-10-25-2)16(14)18(22)17(20-21)19(23)24/h3-9H,10-11H2,1-2H3,(H,23,24). The predicted octanol–water partition coefficient (Wildman–Crippen LogP) is 2.42. The molecule has 1 heterocycles. The molecule has 0 aliphatic carbocycles. The molecule has 0 radical (unpaired) electrons. The van der Waals surface area contributed by atoms with Crippen LogP contribution < -0.4 is 10.2 Å². The summed E-state index contributed by atoms with van der Waals surface area (Å²) < 4.78 is 12.0. The number of hydrogen-bond donors (Lipinski definition) is 1. The lowest BCUT2D eigenvalue weighted by molar-refractivity contribution is 0.0687. The quantitative estimate of drug-likeness (QED) is 0.684. The summed E-state index contributed by atoms with van der Waals surface area (Å²) in [6.45, 7) is 2.54. The molecule has 0 saturated heterocycles. The van der Waals surface area contributed by atoms with Crippen molar-refractivity contribution in [3.8, 4) is 11.4 Å². The van der Waals surface area contributed by atoms with Crippen molar-refractivity contribution in [2.45, 2.75) is 6.92 Å². The van der Waals surface area contributed by atoms with Crippen LogP contribution in [0, 0.1) is 6.92 Å². The van der Waals surface area contributed by atoms with Crippen LogP contribution in [0.3, 0.4) is 0 Å². The van der Waals surface area contributed by atoms with Gasteiger partial charge in [-0.25, -0.2) is 9.48 Å². The van der Waals surface area contributed by atoms with Crippen LogP contribution in [-0.4, -0.2) is 41.2 Å². The van der Waals surface area contributed by atoms with E-state index in [1.165, 1.54) is 4.68 Å². The fraction of sp³-hybridized carbons (Fsp3) is 0.211. The number of aromatic carboxylic acids is 1. The van der Waals surface area contributed by atoms with Gasteiger partial charge in [-0.05, 0) is 31.2 Å². The van der Waals surface area contributed by atoms with E-state index in [4.69, 9.17) is 9.47 Å². The van der Waals surface area contributed by atoms with E-state index in [1.54, 1.807) is 25.3 Å². The first kappa shape index (κ1) is 17.6. The molecule has 0 atom stereocenters. The van der Waals surface area contributed by atoms with Gasteiger partial charge >= 0.3 is 5.97 Å². The average Bonchev–Trinajstić information content (AvgIpc) is 2.63. The van der Waals surface area contributed by atoms with Crippen molar-refractivity contribution >= 4 is 16.9 Å². The molecule has 0 aliphatic heterocycles. The Kier molecular flexibility index (Phi) is 4.99. The Morgan fingerprint density at radius 1 is 1.15 bits per heavy atom. The molecule has 7 heteroatoms. The minimum atomic E-state index is -1.38. The number of fused-ring (bicyclic) bond motifs is 1. The summed E-state index contributed by atoms with van der Waals surface area (Å²) in [4.78, 5) is 24.2. The summed E-state index contributed by atoms with van der Waals surface area (Å²) in [5.74, 6) is -1.08. The van der Waals surface area contributed by atoms with Gasteiger partial charge in [0.1, 0.15) is 12.4 Å². The summed E-state index contributed by atoms with van der Waals surface area (Å²) in [6.07, 6.45) is 0. The fourth-order valence-corrected chi connectivity index (χ4v) is 2.62. The van der Waals surface area contributed by atoms with Crippen LogP contribution in [0.2, 0.25) is 0 Å². The molecule has 1 aromatic heterocycles. The highest BCUT2D eigenvalue weighted by atomic mass is 16.5. The first-order valence-electron chi connectivity index (χ1n) is 8.01. The number of carbonyl (C=O) groups is 1. The molecule has 134 valence electrons. The molecule has 3 aromatic rings. The number of benzene rings is 2. The van der Waals surface area contributed by atoms with E-state index in [2.05, 4.69) is 5.10 Å². The summed E-state index contributed by atoms with van der Waals surface area (Å²) in [6, 6.07) is 12.5. The van der Waals surface area contributed by atoms with E-state index in [1.807, 2.05) is 31.2 Å². The highest BCUT2D eigenvalue weighted by Gasteiger charge is 2.20. The van der Waals surface area contributed by atoms with E-state index >= 15 is 0 Å². The van der Waals surface area contributed by atoms with Gasteiger partial charge in [-0.2, -0.15) is 5.10 Å². The molecule has 0 fully saturated rings. The minimum Gasteiger partial charge on any atom is -0.490 e. The highest BCUT2D eigenvalue weighted by Crippen LogP contribution is 2.24. The van der Waals surface area contributed by atoms with Crippen molar-refractivity contribution in [1.29, 1.82) is 0 Å². The number of carboxylic acids is 1. The molecule has 3 rings (SSSR count). The number of aryl methyl sites for hydroxylation is 1. The zero-order chi connectivity index (χ0) is 18.7. The lowest BCUT2D eigenvalue weighted by atomic mass is 10.1. The van der Waals surface area contributed by atoms with Crippen molar-refractivity contribution in [3.63, 3.8) is 0 Å². The number of rotatable bonds is 6. The number of carboxylic acid groups (broad SMARTS) is 1. The Labute approximate surface area is 149 Å². The van der Waals surface area contributed by atoms with Crippen molar-refractivity contribution in [3.05, 3.63) is 63.9 Å². The summed E-state index contributed by atoms with van der Waals surface area (Å²) in [5, 5.41) is 13.6. The highest BCUT2D eigenvalue weighted by molar-refractivity contribution is 5.93. The fourth-order valence-electron chi connectivity index (χ4n) is 2.62. The van der Waals surface area contributed by atoms with E-state index in [-0.39, 0.29) is 12.0 Å². The molecular weight excluding hydrogens is 336 g/mol. The van der Waals surface area contributed by atoms with Crippen molar-refractivity contribution in [2.75, 3.05) is 20.3 Å². The second-order valence-corrected chi connectivity index (χ2v) is 5.72. The normalized spacial score (nSPS) is 10.8. The number of nitrogens with zero attached hydrogens (tertiary/aromatic N) is 2. The molecular formula is C19H18N2O5. The Bertz CT molecular complexity index is 1010. The Morgan fingerprint density at radius 3 is 2.54 bits per heavy atom. The van der Waals surface area contributed by atoms with E-state index in [0.717, 1.165) is 5.56 Å². The number of aromatic nitrogens is 2. The van der Waals surface area contributed by atoms with E-state index in [0.29, 0.717) is 23.6 Å². The third-order valence-electron chi connectivity index (χ3n) is 3.90. The zero-order valence-electron chi connectivity index (χ0n) is 14.4. The van der Waals surface area contributed by atoms with Crippen LogP contribution in [0.25, 0.3) is 16.6 Å². The van der Waals surface area contributed by atoms with Gasteiger partial charge in [0.2, 0.25) is 11.1 Å². The Balaban J connectivity index is 2.29. The van der Waals surface area contributed by atoms with Crippen molar-refractivity contribution < 1.29 is 19.4 Å². The van der Waals surface area contributed by atoms with Gasteiger partial charge in [-0.15, -0.1) is 0 Å². The van der Waals surface area contributed by atoms with Crippen molar-refractivity contribution in [2.24, 2.45) is 0 Å². The van der Waals surface area contributed by atoms with E-state index in [9.17, 15) is 14.7 Å². The third-order valence-corrected chi connectivity index (χ3v) is 3.90. The predicted molar refractivity (Wildman–Crippen MR) is 96.4 cm³/mol. The Hall–Kier alpha value is -3.19. The van der Waals surface area contributed by atoms with Gasteiger partial charge in [0.05, 0.1) is 23.2 Å². The monoisotopic (exact) mass is 354 g/mol. The molecule has 26 heavy (non-hydrogen) atoms. The molecule has 0 spiro atoms. The molecule has 1 N–H and O–H groups in total. The molecule has 0 bridgehead atoms. The van der Waals surface area contributed by atoms with Gasteiger partial charge in [-0.3, -0.25) is 4.79 Å². The average molecular weight is 354 g/mol. The maximum absolute atomic E-state index is 12.7. The van der Waals surface area contributed by atoms with E-state index < -0.39 is 17.1 Å². The number of hydrogen-bond acceptors (Lipinski definition) is 5. The topological polar surface area (TPSA) is 90.7 Å². The summed E-state index contributed by atoms with van der Waals surface area (Å²) >= 11 is 0. The molecule has 0 saturated carbocycles. The SMILES string of the molecule is COCCOc1cccc2c1c(=O)c(C(=O)O)nn2-c1ccc(C)cc1. The summed E-state index contributed by atoms with van der Waals surface area (Å²) in [7, 11) is 1.54. The zero-order valence-corrected chi connectivity index (χ0v) is 14.4. The molecule has 0 unspecified atom stereocenters. The lowest BCUT2D eigenvalue weighted by Gasteiger charge is -2.14. The molecule has 0 aliphatic rings.